The molecule has 0 radical (unpaired) electrons. The monoisotopic (exact) mass is 927 g/mol. The summed E-state index contributed by atoms with van der Waals surface area (Å²) in [7, 11) is 4.66. The van der Waals surface area contributed by atoms with Gasteiger partial charge >= 0.3 is 57.4 Å². The molecule has 0 aliphatic carbocycles. The van der Waals surface area contributed by atoms with Crippen LogP contribution in [0.25, 0.3) is 0 Å². The van der Waals surface area contributed by atoms with Crippen LogP contribution in [-0.4, -0.2) is 45.9 Å². The summed E-state index contributed by atoms with van der Waals surface area (Å²) in [5.41, 5.74) is 7.34. The molecule has 0 spiro atoms. The molecule has 0 amide bonds. The minimum Gasteiger partial charge on any atom is -0.726 e. The first kappa shape index (κ1) is 56.3. The van der Waals surface area contributed by atoms with Gasteiger partial charge < -0.3 is 15.1 Å². The van der Waals surface area contributed by atoms with Crippen molar-refractivity contribution < 1.29 is 88.4 Å². The van der Waals surface area contributed by atoms with E-state index in [1.54, 1.807) is 26.0 Å². The van der Waals surface area contributed by atoms with Crippen molar-refractivity contribution >= 4 is 152 Å². The van der Waals surface area contributed by atoms with E-state index in [0.717, 1.165) is 22.5 Å². The van der Waals surface area contributed by atoms with Gasteiger partial charge in [0.1, 0.15) is 5.78 Å². The van der Waals surface area contributed by atoms with Crippen molar-refractivity contribution in [2.45, 2.75) is 53.9 Å². The standard InChI is InChI=1S/C13H15NO.C7H8N2O2.C5H10O.K.H2O4S.S6.S5/c1-8(15)10-5-6-12-11(7-10)13(3,4)9(2)14-12;8-9-6-3-1-5(2-4-6)7(10)11;1-4(2)5(3)6;;1-5(2,3)4;1-3-5-6-4-2;1-3-5-4-2/h5-7H,1-4H3;1-4,9H,8H2,(H,10,11);4H,1-3H3;;(H2,1,2,3,4);;/q;;;+1;;;/p-1. The Hall–Kier alpha value is 0.606. The quantitative estimate of drug-likeness (QED) is 0.0851. The molecule has 0 fully saturated rings. The molecule has 24 heteroatoms. The van der Waals surface area contributed by atoms with Gasteiger partial charge in [0.25, 0.3) is 0 Å². The number of rotatable bonds is 4. The van der Waals surface area contributed by atoms with Crippen molar-refractivity contribution in [2.24, 2.45) is 16.8 Å². The van der Waals surface area contributed by atoms with Crippen LogP contribution in [0.15, 0.2) is 47.5 Å². The number of nitrogens with one attached hydrogen (secondary N) is 1. The molecule has 2 aromatic carbocycles. The summed E-state index contributed by atoms with van der Waals surface area (Å²) in [5, 5.41) is 8.50. The number of carbonyl (C=O) groups excluding carboxylic acids is 2. The summed E-state index contributed by atoms with van der Waals surface area (Å²) in [6, 6.07) is 11.9. The van der Waals surface area contributed by atoms with Crippen LogP contribution in [0.5, 0.6) is 0 Å². The fraction of sp³-hybridized carbons (Fsp3) is 0.360. The van der Waals surface area contributed by atoms with E-state index in [1.807, 2.05) is 39.0 Å². The van der Waals surface area contributed by atoms with Crippen molar-refractivity contribution in [2.75, 3.05) is 5.43 Å². The largest absolute Gasteiger partial charge is 1.00 e. The van der Waals surface area contributed by atoms with Gasteiger partial charge in [-0.15, -0.1) is 0 Å². The van der Waals surface area contributed by atoms with Crippen molar-refractivity contribution in [1.82, 2.24) is 0 Å². The topological polar surface area (TPSA) is 199 Å². The van der Waals surface area contributed by atoms with Crippen LogP contribution in [0.1, 0.15) is 74.7 Å². The number of anilines is 1. The molecule has 0 atom stereocenters. The van der Waals surface area contributed by atoms with Crippen molar-refractivity contribution in [3.8, 4) is 0 Å². The smallest absolute Gasteiger partial charge is 0.726 e. The van der Waals surface area contributed by atoms with Crippen LogP contribution in [0.4, 0.5) is 11.4 Å². The number of carboxylic acid groups (broad SMARTS) is 1. The second-order valence-corrected chi connectivity index (χ2v) is 22.5. The number of carboxylic acids is 1. The molecule has 11 nitrogen and oxygen atoms in total. The summed E-state index contributed by atoms with van der Waals surface area (Å²) >= 11 is 17.9. The molecule has 0 unspecified atom stereocenters. The van der Waals surface area contributed by atoms with Gasteiger partial charge in [-0.3, -0.25) is 25.0 Å². The maximum absolute atomic E-state index is 11.3. The molecule has 0 aromatic heterocycles. The van der Waals surface area contributed by atoms with E-state index in [4.69, 9.17) is 28.5 Å². The zero-order chi connectivity index (χ0) is 38.1. The number of ketones is 2. The van der Waals surface area contributed by atoms with Gasteiger partial charge in [0.15, 0.2) is 5.78 Å². The molecule has 2 aromatic rings. The minimum absolute atomic E-state index is 0. The van der Waals surface area contributed by atoms with Crippen LogP contribution >= 0.6 is 0 Å². The second-order valence-electron chi connectivity index (χ2n) is 9.31. The molecule has 0 bridgehead atoms. The molecule has 3 rings (SSSR count). The molecule has 1 aliphatic rings. The molecule has 5 N–H and O–H groups in total. The Kier molecular flexibility index (Phi) is 36.9. The van der Waals surface area contributed by atoms with E-state index >= 15 is 0 Å². The molecule has 1 heterocycles. The van der Waals surface area contributed by atoms with Gasteiger partial charge in [0.2, 0.25) is 10.4 Å². The number of hydrogen-bond acceptors (Lipinski definition) is 13. The Morgan fingerprint density at radius 2 is 1.29 bits per heavy atom. The first-order valence-electron chi connectivity index (χ1n) is 12.5. The van der Waals surface area contributed by atoms with Gasteiger partial charge in [-0.1, -0.05) is 27.7 Å². The fourth-order valence-electron chi connectivity index (χ4n) is 2.61. The normalized spacial score (nSPS) is 11.0. The molecule has 0 saturated heterocycles. The number of fused-ring (bicyclic) bond motifs is 1. The van der Waals surface area contributed by atoms with Crippen molar-refractivity contribution in [3.63, 3.8) is 0 Å². The number of nitrogens with zero attached hydrogens (tertiary/aromatic N) is 1. The third-order valence-corrected chi connectivity index (χ3v) is 16.6. The van der Waals surface area contributed by atoms with E-state index in [0.29, 0.717) is 5.69 Å². The number of hydrazine groups is 1. The van der Waals surface area contributed by atoms with Gasteiger partial charge in [0.05, 0.1) is 11.3 Å². The van der Waals surface area contributed by atoms with E-state index in [1.165, 1.54) is 74.3 Å². The third kappa shape index (κ3) is 30.7. The average Bonchev–Trinajstić information content (AvgIpc) is 3.23. The Morgan fingerprint density at radius 3 is 1.57 bits per heavy atom. The number of hydrogen-bond donors (Lipinski definition) is 4. The predicted octanol–water partition coefficient (Wildman–Crippen LogP) is 1.16. The van der Waals surface area contributed by atoms with E-state index in [-0.39, 0.29) is 79.8 Å². The Morgan fingerprint density at radius 1 is 0.898 bits per heavy atom. The molecule has 0 saturated carbocycles. The zero-order valence-corrected chi connectivity index (χ0v) is 40.3. The molecule has 49 heavy (non-hydrogen) atoms. The fourth-order valence-corrected chi connectivity index (χ4v) is 10.8. The Labute approximate surface area is 369 Å². The van der Waals surface area contributed by atoms with Crippen LogP contribution in [0.3, 0.4) is 0 Å². The first-order valence-corrected chi connectivity index (χ1v) is 25.9. The summed E-state index contributed by atoms with van der Waals surface area (Å²) in [6.45, 7) is 13.3. The van der Waals surface area contributed by atoms with E-state index in [9.17, 15) is 14.4 Å². The van der Waals surface area contributed by atoms with Gasteiger partial charge in [-0.25, -0.2) is 13.2 Å². The van der Waals surface area contributed by atoms with Crippen LogP contribution in [0, 0.1) is 5.92 Å². The zero-order valence-electron chi connectivity index (χ0n) is 27.4. The summed E-state index contributed by atoms with van der Waals surface area (Å²) in [4.78, 5) is 36.3. The van der Waals surface area contributed by atoms with Crippen LogP contribution in [-0.2, 0) is 128 Å². The second kappa shape index (κ2) is 32.1. The number of benzene rings is 2. The van der Waals surface area contributed by atoms with Gasteiger partial charge in [-0.2, -0.15) is 0 Å². The number of aliphatic imine (C=N–C) groups is 1. The predicted molar refractivity (Wildman–Crippen MR) is 222 cm³/mol. The maximum Gasteiger partial charge on any atom is 1.00 e. The van der Waals surface area contributed by atoms with Crippen LogP contribution < -0.4 is 62.7 Å². The Bertz CT molecular complexity index is 1790. The third-order valence-electron chi connectivity index (χ3n) is 5.52. The molecule has 1 aliphatic heterocycles. The summed E-state index contributed by atoms with van der Waals surface area (Å²) in [6.07, 6.45) is 0. The van der Waals surface area contributed by atoms with Gasteiger partial charge in [-0.05, 0) is 68.8 Å². The minimum atomic E-state index is -4.92. The average molecular weight is 928 g/mol. The molecule has 270 valence electrons. The maximum atomic E-state index is 11.3. The number of Topliss-reactive ketones (excluding diaryl/α,β-unsaturated/α-hetero) is 2. The van der Waals surface area contributed by atoms with Crippen molar-refractivity contribution in [1.29, 1.82) is 0 Å². The number of nitrogen functional groups attached to an aromatic ring is 1. The van der Waals surface area contributed by atoms with Crippen molar-refractivity contribution in [3.05, 3.63) is 59.2 Å². The van der Waals surface area contributed by atoms with Gasteiger partial charge in [0, 0.05) is 135 Å². The molecular formula is C25H34KN3O8S12. The first-order chi connectivity index (χ1) is 22.1. The van der Waals surface area contributed by atoms with Crippen LogP contribution in [0.2, 0.25) is 0 Å². The summed E-state index contributed by atoms with van der Waals surface area (Å²) < 4.78 is 32.8. The van der Waals surface area contributed by atoms with E-state index in [2.05, 4.69) is 69.0 Å². The SMILES string of the molecule is CC(=O)C(C)C.CC(=O)c1ccc2c(c1)C(C)(C)C(C)=N2.NNc1ccc(C(=O)O)cc1.O=S(=O)([O-])O.S=S=S=S=S.S=S=S=S=S=S.[K+]. The number of aromatic carboxylic acids is 1. The summed E-state index contributed by atoms with van der Waals surface area (Å²) in [5.74, 6) is 4.72. The molecular weight excluding hydrogens is 894 g/mol. The Balaban J connectivity index is -0.000000264. The number of nitrogens with two attached hydrogens (primary N) is 1. The van der Waals surface area contributed by atoms with E-state index < -0.39 is 16.4 Å². The number of carbonyl (C=O) groups is 3.